The molecule has 1 amide bonds. The Balaban J connectivity index is 2.11. The van der Waals surface area contributed by atoms with Crippen molar-refractivity contribution in [3.8, 4) is 11.3 Å². The first-order chi connectivity index (χ1) is 10.5. The maximum absolute atomic E-state index is 11.9. The summed E-state index contributed by atoms with van der Waals surface area (Å²) in [6.07, 6.45) is -0.715. The highest BCUT2D eigenvalue weighted by molar-refractivity contribution is 5.95. The zero-order chi connectivity index (χ0) is 16.1. The second-order valence-corrected chi connectivity index (χ2v) is 4.49. The number of benzene rings is 1. The standard InChI is InChI=1S/C15H13NO6/c17-13(18)8-10(15(20)21)16-14(19)12-7-6-11(22-12)9-4-2-1-3-5-9/h1-7,10H,8H2,(H,16,19)(H,17,18)(H,20,21)/t10-/m0/s1. The SMILES string of the molecule is O=C(O)C[C@H](NC(=O)c1ccc(-c2ccccc2)o1)C(=O)O. The van der Waals surface area contributed by atoms with Gasteiger partial charge in [0.2, 0.25) is 0 Å². The van der Waals surface area contributed by atoms with Gasteiger partial charge in [-0.15, -0.1) is 0 Å². The summed E-state index contributed by atoms with van der Waals surface area (Å²) in [6.45, 7) is 0. The van der Waals surface area contributed by atoms with Crippen LogP contribution in [0.25, 0.3) is 11.3 Å². The van der Waals surface area contributed by atoms with Crippen LogP contribution in [0.15, 0.2) is 46.9 Å². The van der Waals surface area contributed by atoms with E-state index in [9.17, 15) is 14.4 Å². The number of hydrogen-bond acceptors (Lipinski definition) is 4. The highest BCUT2D eigenvalue weighted by Crippen LogP contribution is 2.21. The minimum Gasteiger partial charge on any atom is -0.481 e. The molecule has 2 aromatic rings. The Morgan fingerprint density at radius 3 is 2.32 bits per heavy atom. The lowest BCUT2D eigenvalue weighted by atomic mass is 10.2. The van der Waals surface area contributed by atoms with E-state index in [1.54, 1.807) is 18.2 Å². The first-order valence-corrected chi connectivity index (χ1v) is 6.38. The van der Waals surface area contributed by atoms with Crippen molar-refractivity contribution in [2.45, 2.75) is 12.5 Å². The van der Waals surface area contributed by atoms with E-state index in [0.717, 1.165) is 5.56 Å². The third-order valence-corrected chi connectivity index (χ3v) is 2.87. The second kappa shape index (κ2) is 6.57. The molecule has 0 unspecified atom stereocenters. The zero-order valence-electron chi connectivity index (χ0n) is 11.4. The Bertz CT molecular complexity index is 691. The summed E-state index contributed by atoms with van der Waals surface area (Å²) in [7, 11) is 0. The molecule has 0 radical (unpaired) electrons. The van der Waals surface area contributed by atoms with Crippen LogP contribution < -0.4 is 5.32 Å². The van der Waals surface area contributed by atoms with Gasteiger partial charge in [0.25, 0.3) is 5.91 Å². The Kier molecular flexibility index (Phi) is 4.57. The molecule has 1 heterocycles. The van der Waals surface area contributed by atoms with E-state index in [1.165, 1.54) is 6.07 Å². The van der Waals surface area contributed by atoms with Gasteiger partial charge in [-0.05, 0) is 12.1 Å². The van der Waals surface area contributed by atoms with Gasteiger partial charge >= 0.3 is 11.9 Å². The molecule has 0 aliphatic rings. The van der Waals surface area contributed by atoms with E-state index in [1.807, 2.05) is 18.2 Å². The molecule has 0 aliphatic carbocycles. The summed E-state index contributed by atoms with van der Waals surface area (Å²) in [6, 6.07) is 10.5. The van der Waals surface area contributed by atoms with Crippen LogP contribution in [-0.2, 0) is 9.59 Å². The second-order valence-electron chi connectivity index (χ2n) is 4.49. The largest absolute Gasteiger partial charge is 0.481 e. The maximum Gasteiger partial charge on any atom is 0.326 e. The fourth-order valence-corrected chi connectivity index (χ4v) is 1.82. The van der Waals surface area contributed by atoms with Crippen molar-refractivity contribution in [2.75, 3.05) is 0 Å². The quantitative estimate of drug-likeness (QED) is 0.746. The van der Waals surface area contributed by atoms with E-state index < -0.39 is 30.3 Å². The van der Waals surface area contributed by atoms with Crippen LogP contribution in [0, 0.1) is 0 Å². The molecule has 7 nitrogen and oxygen atoms in total. The molecule has 114 valence electrons. The summed E-state index contributed by atoms with van der Waals surface area (Å²) >= 11 is 0. The summed E-state index contributed by atoms with van der Waals surface area (Å²) in [5.41, 5.74) is 0.766. The molecule has 0 saturated heterocycles. The summed E-state index contributed by atoms with van der Waals surface area (Å²) in [4.78, 5) is 33.4. The number of carboxylic acid groups (broad SMARTS) is 2. The summed E-state index contributed by atoms with van der Waals surface area (Å²) in [5.74, 6) is -3.16. The van der Waals surface area contributed by atoms with Crippen molar-refractivity contribution in [1.29, 1.82) is 0 Å². The van der Waals surface area contributed by atoms with Gasteiger partial charge in [0, 0.05) is 5.56 Å². The normalized spacial score (nSPS) is 11.6. The first kappa shape index (κ1) is 15.3. The van der Waals surface area contributed by atoms with Crippen LogP contribution in [-0.4, -0.2) is 34.1 Å². The van der Waals surface area contributed by atoms with Crippen LogP contribution >= 0.6 is 0 Å². The van der Waals surface area contributed by atoms with E-state index in [-0.39, 0.29) is 5.76 Å². The average Bonchev–Trinajstić information content (AvgIpc) is 2.96. The Morgan fingerprint density at radius 2 is 1.73 bits per heavy atom. The topological polar surface area (TPSA) is 117 Å². The Labute approximate surface area is 125 Å². The van der Waals surface area contributed by atoms with Crippen molar-refractivity contribution < 1.29 is 29.0 Å². The van der Waals surface area contributed by atoms with Gasteiger partial charge in [-0.1, -0.05) is 30.3 Å². The third kappa shape index (κ3) is 3.72. The molecule has 0 bridgehead atoms. The minimum atomic E-state index is -1.52. The van der Waals surface area contributed by atoms with Crippen molar-refractivity contribution in [2.24, 2.45) is 0 Å². The van der Waals surface area contributed by atoms with Gasteiger partial charge in [-0.3, -0.25) is 9.59 Å². The number of aliphatic carboxylic acids is 2. The van der Waals surface area contributed by atoms with Crippen LogP contribution in [0.2, 0.25) is 0 Å². The number of nitrogens with one attached hydrogen (secondary N) is 1. The smallest absolute Gasteiger partial charge is 0.326 e. The molecular weight excluding hydrogens is 290 g/mol. The molecular formula is C15H13NO6. The number of hydrogen-bond donors (Lipinski definition) is 3. The lowest BCUT2D eigenvalue weighted by Gasteiger charge is -2.10. The van der Waals surface area contributed by atoms with Crippen molar-refractivity contribution in [3.05, 3.63) is 48.2 Å². The van der Waals surface area contributed by atoms with Gasteiger partial charge in [0.1, 0.15) is 11.8 Å². The summed E-state index contributed by atoms with van der Waals surface area (Å²) < 4.78 is 5.36. The molecule has 7 heteroatoms. The number of carboxylic acids is 2. The number of furan rings is 1. The molecule has 1 aromatic heterocycles. The third-order valence-electron chi connectivity index (χ3n) is 2.87. The van der Waals surface area contributed by atoms with E-state index in [4.69, 9.17) is 14.6 Å². The monoisotopic (exact) mass is 303 g/mol. The molecule has 1 aromatic carbocycles. The minimum absolute atomic E-state index is 0.0875. The first-order valence-electron chi connectivity index (χ1n) is 6.38. The molecule has 1 atom stereocenters. The number of rotatable bonds is 6. The van der Waals surface area contributed by atoms with Gasteiger partial charge in [-0.25, -0.2) is 4.79 Å². The van der Waals surface area contributed by atoms with Crippen LogP contribution in [0.3, 0.4) is 0 Å². The number of carbonyl (C=O) groups is 3. The zero-order valence-corrected chi connectivity index (χ0v) is 11.4. The highest BCUT2D eigenvalue weighted by atomic mass is 16.4. The lowest BCUT2D eigenvalue weighted by molar-refractivity contribution is -0.145. The number of carbonyl (C=O) groups excluding carboxylic acids is 1. The molecule has 3 N–H and O–H groups in total. The Hall–Kier alpha value is -3.09. The predicted octanol–water partition coefficient (Wildman–Crippen LogP) is 1.60. The molecule has 0 spiro atoms. The van der Waals surface area contributed by atoms with Crippen molar-refractivity contribution in [3.63, 3.8) is 0 Å². The molecule has 0 aliphatic heterocycles. The maximum atomic E-state index is 11.9. The number of amides is 1. The summed E-state index contributed by atoms with van der Waals surface area (Å²) in [5, 5.41) is 19.6. The van der Waals surface area contributed by atoms with E-state index in [2.05, 4.69) is 5.32 Å². The van der Waals surface area contributed by atoms with Gasteiger partial charge in [-0.2, -0.15) is 0 Å². The lowest BCUT2D eigenvalue weighted by Crippen LogP contribution is -2.42. The molecule has 2 rings (SSSR count). The predicted molar refractivity (Wildman–Crippen MR) is 75.3 cm³/mol. The van der Waals surface area contributed by atoms with Gasteiger partial charge in [0.05, 0.1) is 6.42 Å². The fourth-order valence-electron chi connectivity index (χ4n) is 1.82. The van der Waals surface area contributed by atoms with Crippen LogP contribution in [0.4, 0.5) is 0 Å². The van der Waals surface area contributed by atoms with Crippen molar-refractivity contribution >= 4 is 17.8 Å². The Morgan fingerprint density at radius 1 is 1.05 bits per heavy atom. The van der Waals surface area contributed by atoms with E-state index in [0.29, 0.717) is 5.76 Å². The molecule has 0 fully saturated rings. The van der Waals surface area contributed by atoms with Crippen molar-refractivity contribution in [1.82, 2.24) is 5.32 Å². The van der Waals surface area contributed by atoms with Gasteiger partial charge in [0.15, 0.2) is 5.76 Å². The highest BCUT2D eigenvalue weighted by Gasteiger charge is 2.24. The van der Waals surface area contributed by atoms with Crippen LogP contribution in [0.5, 0.6) is 0 Å². The van der Waals surface area contributed by atoms with E-state index >= 15 is 0 Å². The van der Waals surface area contributed by atoms with Gasteiger partial charge < -0.3 is 19.9 Å². The average molecular weight is 303 g/mol. The molecule has 22 heavy (non-hydrogen) atoms. The van der Waals surface area contributed by atoms with Crippen LogP contribution in [0.1, 0.15) is 17.0 Å². The fraction of sp³-hybridized carbons (Fsp3) is 0.133. The molecule has 0 saturated carbocycles.